The predicted octanol–water partition coefficient (Wildman–Crippen LogP) is 1.33. The van der Waals surface area contributed by atoms with Gasteiger partial charge >= 0.3 is 0 Å². The summed E-state index contributed by atoms with van der Waals surface area (Å²) in [4.78, 5) is 0. The first-order valence-corrected chi connectivity index (χ1v) is 7.03. The van der Waals surface area contributed by atoms with Crippen LogP contribution >= 0.6 is 11.8 Å². The topological polar surface area (TPSA) is 24.1 Å². The molecule has 0 radical (unpaired) electrons. The smallest absolute Gasteiger partial charge is 0.0191 e. The number of thioether (sulfide) groups is 1. The molecule has 0 amide bonds. The predicted molar refractivity (Wildman–Crippen MR) is 63.9 cm³/mol. The van der Waals surface area contributed by atoms with Crippen molar-refractivity contribution in [2.45, 2.75) is 25.8 Å². The molecule has 2 aliphatic heterocycles. The number of hydrogen-bond acceptors (Lipinski definition) is 3. The zero-order chi connectivity index (χ0) is 9.80. The van der Waals surface area contributed by atoms with Crippen molar-refractivity contribution in [3.63, 3.8) is 0 Å². The Labute approximate surface area is 91.6 Å². The Morgan fingerprint density at radius 2 is 2.07 bits per heavy atom. The Hall–Kier alpha value is 0.270. The van der Waals surface area contributed by atoms with Crippen LogP contribution in [0.25, 0.3) is 0 Å². The number of nitrogens with one attached hydrogen (secondary N) is 2. The molecule has 3 heteroatoms. The molecule has 2 fully saturated rings. The lowest BCUT2D eigenvalue weighted by Crippen LogP contribution is -2.40. The summed E-state index contributed by atoms with van der Waals surface area (Å²) in [5.74, 6) is 4.48. The van der Waals surface area contributed by atoms with Crippen molar-refractivity contribution in [2.75, 3.05) is 31.1 Å². The van der Waals surface area contributed by atoms with Gasteiger partial charge in [0, 0.05) is 11.8 Å². The van der Waals surface area contributed by atoms with E-state index < -0.39 is 0 Å². The van der Waals surface area contributed by atoms with Crippen molar-refractivity contribution in [2.24, 2.45) is 11.8 Å². The molecule has 0 bridgehead atoms. The molecule has 2 N–H and O–H groups in total. The van der Waals surface area contributed by atoms with Gasteiger partial charge in [-0.05, 0) is 50.1 Å². The SMILES string of the molecule is CC1CSCC1NCC1CCNCC1. The lowest BCUT2D eigenvalue weighted by atomic mass is 9.97. The minimum absolute atomic E-state index is 0.787. The molecule has 2 unspecified atom stereocenters. The average molecular weight is 214 g/mol. The van der Waals surface area contributed by atoms with E-state index in [9.17, 15) is 0 Å². The summed E-state index contributed by atoms with van der Waals surface area (Å²) < 4.78 is 0. The average Bonchev–Trinajstić information content (AvgIpc) is 2.63. The van der Waals surface area contributed by atoms with Gasteiger partial charge < -0.3 is 10.6 Å². The molecule has 14 heavy (non-hydrogen) atoms. The van der Waals surface area contributed by atoms with Gasteiger partial charge in [-0.15, -0.1) is 0 Å². The highest BCUT2D eigenvalue weighted by Crippen LogP contribution is 2.24. The summed E-state index contributed by atoms with van der Waals surface area (Å²) >= 11 is 2.10. The molecule has 2 saturated heterocycles. The van der Waals surface area contributed by atoms with Crippen molar-refractivity contribution in [3.8, 4) is 0 Å². The highest BCUT2D eigenvalue weighted by atomic mass is 32.2. The molecule has 2 heterocycles. The van der Waals surface area contributed by atoms with Crippen molar-refractivity contribution in [3.05, 3.63) is 0 Å². The fourth-order valence-corrected chi connectivity index (χ4v) is 3.77. The van der Waals surface area contributed by atoms with Crippen LogP contribution < -0.4 is 10.6 Å². The van der Waals surface area contributed by atoms with Crippen LogP contribution in [-0.4, -0.2) is 37.2 Å². The minimum Gasteiger partial charge on any atom is -0.317 e. The van der Waals surface area contributed by atoms with E-state index in [2.05, 4.69) is 29.3 Å². The molecule has 0 aromatic carbocycles. The molecule has 2 atom stereocenters. The molecule has 0 saturated carbocycles. The van der Waals surface area contributed by atoms with Crippen LogP contribution in [0, 0.1) is 11.8 Å². The maximum Gasteiger partial charge on any atom is 0.0191 e. The van der Waals surface area contributed by atoms with Crippen molar-refractivity contribution >= 4 is 11.8 Å². The standard InChI is InChI=1S/C11H22N2S/c1-9-7-14-8-11(9)13-6-10-2-4-12-5-3-10/h9-13H,2-8H2,1H3. The molecular weight excluding hydrogens is 192 g/mol. The quantitative estimate of drug-likeness (QED) is 0.741. The van der Waals surface area contributed by atoms with Gasteiger partial charge in [-0.3, -0.25) is 0 Å². The monoisotopic (exact) mass is 214 g/mol. The second-order valence-corrected chi connectivity index (χ2v) is 5.80. The van der Waals surface area contributed by atoms with Gasteiger partial charge in [-0.2, -0.15) is 11.8 Å². The molecule has 2 nitrogen and oxygen atoms in total. The van der Waals surface area contributed by atoms with Crippen LogP contribution in [0.15, 0.2) is 0 Å². The van der Waals surface area contributed by atoms with Crippen LogP contribution in [0.1, 0.15) is 19.8 Å². The summed E-state index contributed by atoms with van der Waals surface area (Å²) in [6, 6.07) is 0.787. The van der Waals surface area contributed by atoms with Gasteiger partial charge in [0.15, 0.2) is 0 Å². The Morgan fingerprint density at radius 3 is 2.71 bits per heavy atom. The third-order valence-electron chi connectivity index (χ3n) is 3.49. The minimum atomic E-state index is 0.787. The van der Waals surface area contributed by atoms with Crippen LogP contribution in [0.3, 0.4) is 0 Å². The summed E-state index contributed by atoms with van der Waals surface area (Å²) in [7, 11) is 0. The van der Waals surface area contributed by atoms with Gasteiger partial charge in [-0.25, -0.2) is 0 Å². The highest BCUT2D eigenvalue weighted by molar-refractivity contribution is 7.99. The van der Waals surface area contributed by atoms with E-state index in [-0.39, 0.29) is 0 Å². The maximum atomic E-state index is 3.75. The first-order valence-electron chi connectivity index (χ1n) is 5.88. The van der Waals surface area contributed by atoms with E-state index in [1.165, 1.54) is 44.0 Å². The first-order chi connectivity index (χ1) is 6.86. The van der Waals surface area contributed by atoms with Crippen molar-refractivity contribution in [1.82, 2.24) is 10.6 Å². The van der Waals surface area contributed by atoms with E-state index in [1.807, 2.05) is 0 Å². The van der Waals surface area contributed by atoms with Crippen LogP contribution in [0.5, 0.6) is 0 Å². The zero-order valence-electron chi connectivity index (χ0n) is 9.09. The number of piperidine rings is 1. The van der Waals surface area contributed by atoms with Gasteiger partial charge in [0.25, 0.3) is 0 Å². The third kappa shape index (κ3) is 2.88. The second-order valence-electron chi connectivity index (χ2n) is 4.72. The number of rotatable bonds is 3. The molecule has 0 spiro atoms. The van der Waals surface area contributed by atoms with E-state index >= 15 is 0 Å². The van der Waals surface area contributed by atoms with E-state index in [0.29, 0.717) is 0 Å². The van der Waals surface area contributed by atoms with Crippen molar-refractivity contribution in [1.29, 1.82) is 0 Å². The Morgan fingerprint density at radius 1 is 1.29 bits per heavy atom. The van der Waals surface area contributed by atoms with Gasteiger partial charge in [0.05, 0.1) is 0 Å². The van der Waals surface area contributed by atoms with Crippen LogP contribution in [0.4, 0.5) is 0 Å². The summed E-state index contributed by atoms with van der Waals surface area (Å²) in [5.41, 5.74) is 0. The molecule has 2 rings (SSSR count). The molecule has 0 aromatic heterocycles. The normalized spacial score (nSPS) is 34.9. The highest BCUT2D eigenvalue weighted by Gasteiger charge is 2.24. The largest absolute Gasteiger partial charge is 0.317 e. The fourth-order valence-electron chi connectivity index (χ4n) is 2.33. The second kappa shape index (κ2) is 5.38. The number of hydrogen-bond donors (Lipinski definition) is 2. The van der Waals surface area contributed by atoms with Crippen LogP contribution in [-0.2, 0) is 0 Å². The molecule has 82 valence electrons. The van der Waals surface area contributed by atoms with E-state index in [0.717, 1.165) is 17.9 Å². The molecular formula is C11H22N2S. The van der Waals surface area contributed by atoms with E-state index in [1.54, 1.807) is 0 Å². The zero-order valence-corrected chi connectivity index (χ0v) is 9.91. The summed E-state index contributed by atoms with van der Waals surface area (Å²) in [6.45, 7) is 6.07. The van der Waals surface area contributed by atoms with Crippen molar-refractivity contribution < 1.29 is 0 Å². The summed E-state index contributed by atoms with van der Waals surface area (Å²) in [6.07, 6.45) is 2.72. The Balaban J connectivity index is 1.65. The van der Waals surface area contributed by atoms with E-state index in [4.69, 9.17) is 0 Å². The maximum absolute atomic E-state index is 3.75. The Bertz CT molecular complexity index is 169. The molecule has 0 aliphatic carbocycles. The molecule has 2 aliphatic rings. The third-order valence-corrected chi connectivity index (χ3v) is 4.85. The lowest BCUT2D eigenvalue weighted by Gasteiger charge is -2.25. The first kappa shape index (κ1) is 10.8. The summed E-state index contributed by atoms with van der Waals surface area (Å²) in [5, 5.41) is 7.17. The van der Waals surface area contributed by atoms with Gasteiger partial charge in [-0.1, -0.05) is 6.92 Å². The van der Waals surface area contributed by atoms with Gasteiger partial charge in [0.2, 0.25) is 0 Å². The lowest BCUT2D eigenvalue weighted by molar-refractivity contribution is 0.330. The van der Waals surface area contributed by atoms with Gasteiger partial charge in [0.1, 0.15) is 0 Å². The fraction of sp³-hybridized carbons (Fsp3) is 1.00. The Kier molecular flexibility index (Phi) is 4.14. The molecule has 0 aromatic rings. The van der Waals surface area contributed by atoms with Crippen LogP contribution in [0.2, 0.25) is 0 Å².